The predicted molar refractivity (Wildman–Crippen MR) is 81.7 cm³/mol. The molecule has 1 atom stereocenters. The van der Waals surface area contributed by atoms with Gasteiger partial charge in [0.2, 0.25) is 5.91 Å². The number of halogens is 1. The Morgan fingerprint density at radius 2 is 2.16 bits per heavy atom. The molecule has 1 aliphatic heterocycles. The zero-order valence-electron chi connectivity index (χ0n) is 10.9. The molecule has 1 aliphatic rings. The largest absolute Gasteiger partial charge is 0.369 e. The Balaban J connectivity index is 2.19. The summed E-state index contributed by atoms with van der Waals surface area (Å²) in [5.41, 5.74) is 7.15. The molecule has 1 aromatic carbocycles. The fourth-order valence-corrected chi connectivity index (χ4v) is 2.97. The van der Waals surface area contributed by atoms with Gasteiger partial charge >= 0.3 is 0 Å². The van der Waals surface area contributed by atoms with E-state index in [4.69, 9.17) is 5.73 Å². The first-order valence-electron chi connectivity index (χ1n) is 6.34. The lowest BCUT2D eigenvalue weighted by Crippen LogP contribution is -2.44. The molecule has 0 radical (unpaired) electrons. The second kappa shape index (κ2) is 5.90. The van der Waals surface area contributed by atoms with Crippen LogP contribution in [0.15, 0.2) is 18.2 Å². The number of amides is 2. The number of rotatable bonds is 2. The maximum absolute atomic E-state index is 12.5. The van der Waals surface area contributed by atoms with Crippen molar-refractivity contribution in [3.05, 3.63) is 32.9 Å². The highest BCUT2D eigenvalue weighted by Gasteiger charge is 2.28. The molecule has 2 rings (SSSR count). The zero-order valence-corrected chi connectivity index (χ0v) is 13.0. The number of hydrogen-bond acceptors (Lipinski definition) is 2. The summed E-state index contributed by atoms with van der Waals surface area (Å²) in [4.78, 5) is 25.5. The van der Waals surface area contributed by atoms with Crippen molar-refractivity contribution in [2.75, 3.05) is 13.1 Å². The van der Waals surface area contributed by atoms with E-state index in [0.29, 0.717) is 18.7 Å². The first-order valence-corrected chi connectivity index (χ1v) is 7.42. The van der Waals surface area contributed by atoms with E-state index in [0.717, 1.165) is 22.0 Å². The number of benzene rings is 1. The number of aryl methyl sites for hydroxylation is 1. The third-order valence-electron chi connectivity index (χ3n) is 3.53. The molecule has 0 aliphatic carbocycles. The van der Waals surface area contributed by atoms with Crippen LogP contribution in [0.5, 0.6) is 0 Å². The standard InChI is InChI=1S/C14H17IN2O2/c1-9-4-2-6-11(12(9)15)14(19)17-7-3-5-10(8-17)13(16)18/h2,4,6,10H,3,5,7-8H2,1H3,(H2,16,18). The first kappa shape index (κ1) is 14.3. The predicted octanol–water partition coefficient (Wildman–Crippen LogP) is 1.94. The summed E-state index contributed by atoms with van der Waals surface area (Å²) >= 11 is 2.20. The molecular formula is C14H17IN2O2. The Morgan fingerprint density at radius 1 is 1.42 bits per heavy atom. The Bertz CT molecular complexity index is 516. The van der Waals surface area contributed by atoms with Crippen LogP contribution in [0.25, 0.3) is 0 Å². The summed E-state index contributed by atoms with van der Waals surface area (Å²) in [6.07, 6.45) is 1.62. The van der Waals surface area contributed by atoms with Gasteiger partial charge in [-0.15, -0.1) is 0 Å². The van der Waals surface area contributed by atoms with Gasteiger partial charge in [0.05, 0.1) is 11.5 Å². The molecule has 102 valence electrons. The highest BCUT2D eigenvalue weighted by atomic mass is 127. The molecule has 2 amide bonds. The average molecular weight is 372 g/mol. The summed E-state index contributed by atoms with van der Waals surface area (Å²) in [6.45, 7) is 3.13. The lowest BCUT2D eigenvalue weighted by molar-refractivity contribution is -0.123. The van der Waals surface area contributed by atoms with E-state index < -0.39 is 0 Å². The maximum Gasteiger partial charge on any atom is 0.254 e. The van der Waals surface area contributed by atoms with Crippen molar-refractivity contribution in [2.24, 2.45) is 11.7 Å². The van der Waals surface area contributed by atoms with Gasteiger partial charge in [-0.3, -0.25) is 9.59 Å². The molecule has 0 bridgehead atoms. The number of nitrogens with two attached hydrogens (primary N) is 1. The van der Waals surface area contributed by atoms with Gasteiger partial charge in [0, 0.05) is 16.7 Å². The Hall–Kier alpha value is -1.11. The third-order valence-corrected chi connectivity index (χ3v) is 4.97. The molecule has 1 heterocycles. The minimum Gasteiger partial charge on any atom is -0.369 e. The minimum atomic E-state index is -0.309. The number of piperidine rings is 1. The molecule has 1 fully saturated rings. The lowest BCUT2D eigenvalue weighted by atomic mass is 9.97. The van der Waals surface area contributed by atoms with Gasteiger partial charge in [0.15, 0.2) is 0 Å². The van der Waals surface area contributed by atoms with E-state index in [9.17, 15) is 9.59 Å². The monoisotopic (exact) mass is 372 g/mol. The van der Waals surface area contributed by atoms with E-state index in [1.54, 1.807) is 4.90 Å². The van der Waals surface area contributed by atoms with Crippen molar-refractivity contribution in [1.82, 2.24) is 4.90 Å². The number of carbonyl (C=O) groups is 2. The smallest absolute Gasteiger partial charge is 0.254 e. The van der Waals surface area contributed by atoms with Crippen LogP contribution < -0.4 is 5.73 Å². The van der Waals surface area contributed by atoms with Gasteiger partial charge in [-0.2, -0.15) is 0 Å². The highest BCUT2D eigenvalue weighted by molar-refractivity contribution is 14.1. The molecular weight excluding hydrogens is 355 g/mol. The van der Waals surface area contributed by atoms with Crippen LogP contribution in [-0.2, 0) is 4.79 Å². The van der Waals surface area contributed by atoms with Gasteiger partial charge in [-0.05, 0) is 54.0 Å². The second-order valence-electron chi connectivity index (χ2n) is 4.93. The van der Waals surface area contributed by atoms with Crippen LogP contribution in [0, 0.1) is 16.4 Å². The lowest BCUT2D eigenvalue weighted by Gasteiger charge is -2.31. The van der Waals surface area contributed by atoms with Gasteiger partial charge < -0.3 is 10.6 Å². The van der Waals surface area contributed by atoms with Crippen LogP contribution in [-0.4, -0.2) is 29.8 Å². The number of carbonyl (C=O) groups excluding carboxylic acids is 2. The topological polar surface area (TPSA) is 63.4 Å². The third kappa shape index (κ3) is 3.08. The molecule has 0 aromatic heterocycles. The van der Waals surface area contributed by atoms with Crippen LogP contribution in [0.3, 0.4) is 0 Å². The zero-order chi connectivity index (χ0) is 14.0. The van der Waals surface area contributed by atoms with E-state index in [1.807, 2.05) is 25.1 Å². The van der Waals surface area contributed by atoms with Crippen LogP contribution >= 0.6 is 22.6 Å². The highest BCUT2D eigenvalue weighted by Crippen LogP contribution is 2.22. The van der Waals surface area contributed by atoms with E-state index in [1.165, 1.54) is 0 Å². The van der Waals surface area contributed by atoms with Crippen molar-refractivity contribution in [2.45, 2.75) is 19.8 Å². The normalized spacial score (nSPS) is 19.3. The molecule has 1 unspecified atom stereocenters. The van der Waals surface area contributed by atoms with E-state index in [2.05, 4.69) is 22.6 Å². The molecule has 4 nitrogen and oxygen atoms in total. The van der Waals surface area contributed by atoms with Crippen molar-refractivity contribution < 1.29 is 9.59 Å². The van der Waals surface area contributed by atoms with Crippen molar-refractivity contribution >= 4 is 34.4 Å². The fourth-order valence-electron chi connectivity index (χ4n) is 2.38. The number of hydrogen-bond donors (Lipinski definition) is 1. The number of nitrogens with zero attached hydrogens (tertiary/aromatic N) is 1. The second-order valence-corrected chi connectivity index (χ2v) is 6.01. The first-order chi connectivity index (χ1) is 9.00. The number of primary amides is 1. The quantitative estimate of drug-likeness (QED) is 0.807. The number of likely N-dealkylation sites (tertiary alicyclic amines) is 1. The Kier molecular flexibility index (Phi) is 4.44. The Labute approximate surface area is 126 Å². The van der Waals surface area contributed by atoms with Crippen LogP contribution in [0.4, 0.5) is 0 Å². The van der Waals surface area contributed by atoms with E-state index >= 15 is 0 Å². The summed E-state index contributed by atoms with van der Waals surface area (Å²) in [5.74, 6) is -0.518. The van der Waals surface area contributed by atoms with Gasteiger partial charge in [0.1, 0.15) is 0 Å². The van der Waals surface area contributed by atoms with Gasteiger partial charge in [-0.1, -0.05) is 12.1 Å². The van der Waals surface area contributed by atoms with Crippen molar-refractivity contribution in [3.8, 4) is 0 Å². The Morgan fingerprint density at radius 3 is 2.84 bits per heavy atom. The minimum absolute atomic E-state index is 0.000880. The van der Waals surface area contributed by atoms with Gasteiger partial charge in [-0.25, -0.2) is 0 Å². The maximum atomic E-state index is 12.5. The molecule has 0 saturated carbocycles. The summed E-state index contributed by atoms with van der Waals surface area (Å²) in [6, 6.07) is 5.71. The van der Waals surface area contributed by atoms with Crippen molar-refractivity contribution in [1.29, 1.82) is 0 Å². The fraction of sp³-hybridized carbons (Fsp3) is 0.429. The summed E-state index contributed by atoms with van der Waals surface area (Å²) in [5, 5.41) is 0. The van der Waals surface area contributed by atoms with Crippen molar-refractivity contribution in [3.63, 3.8) is 0 Å². The van der Waals surface area contributed by atoms with Crippen LogP contribution in [0.2, 0.25) is 0 Å². The van der Waals surface area contributed by atoms with Gasteiger partial charge in [0.25, 0.3) is 5.91 Å². The molecule has 5 heteroatoms. The summed E-state index contributed by atoms with van der Waals surface area (Å²) < 4.78 is 0.978. The molecule has 2 N–H and O–H groups in total. The summed E-state index contributed by atoms with van der Waals surface area (Å²) in [7, 11) is 0. The molecule has 19 heavy (non-hydrogen) atoms. The van der Waals surface area contributed by atoms with Crippen LogP contribution in [0.1, 0.15) is 28.8 Å². The SMILES string of the molecule is Cc1cccc(C(=O)N2CCCC(C(N)=O)C2)c1I. The molecule has 0 spiro atoms. The van der Waals surface area contributed by atoms with E-state index in [-0.39, 0.29) is 17.7 Å². The molecule has 1 aromatic rings. The molecule has 1 saturated heterocycles. The average Bonchev–Trinajstić information content (AvgIpc) is 2.41.